The number of hydrogen-bond donors (Lipinski definition) is 1. The first-order chi connectivity index (χ1) is 7.84. The number of aromatic nitrogens is 1. The van der Waals surface area contributed by atoms with Crippen molar-refractivity contribution >= 4 is 12.4 Å². The van der Waals surface area contributed by atoms with Crippen molar-refractivity contribution in [3.63, 3.8) is 0 Å². The lowest BCUT2D eigenvalue weighted by molar-refractivity contribution is 0.679. The Kier molecular flexibility index (Phi) is 5.67. The first-order valence-corrected chi connectivity index (χ1v) is 5.51. The van der Waals surface area contributed by atoms with Gasteiger partial charge in [0.25, 0.3) is 0 Å². The summed E-state index contributed by atoms with van der Waals surface area (Å²) in [5.41, 5.74) is 3.68. The number of rotatable bonds is 4. The van der Waals surface area contributed by atoms with Crippen LogP contribution in [0.4, 0.5) is 0 Å². The average Bonchev–Trinajstić information content (AvgIpc) is 2.33. The Morgan fingerprint density at radius 1 is 1.00 bits per heavy atom. The second kappa shape index (κ2) is 7.05. The summed E-state index contributed by atoms with van der Waals surface area (Å²) in [6.07, 6.45) is 1.82. The van der Waals surface area contributed by atoms with Gasteiger partial charge in [-0.1, -0.05) is 35.9 Å². The zero-order valence-electron chi connectivity index (χ0n) is 9.89. The van der Waals surface area contributed by atoms with Crippen molar-refractivity contribution in [3.05, 3.63) is 65.5 Å². The summed E-state index contributed by atoms with van der Waals surface area (Å²) in [5.74, 6) is 0. The Balaban J connectivity index is 0.00000144. The number of aryl methyl sites for hydroxylation is 1. The molecular weight excluding hydrogens is 232 g/mol. The van der Waals surface area contributed by atoms with Crippen LogP contribution >= 0.6 is 12.4 Å². The number of hydrogen-bond acceptors (Lipinski definition) is 2. The topological polar surface area (TPSA) is 24.9 Å². The van der Waals surface area contributed by atoms with Crippen LogP contribution in [0, 0.1) is 6.92 Å². The van der Waals surface area contributed by atoms with Crippen LogP contribution in [0.1, 0.15) is 16.8 Å². The van der Waals surface area contributed by atoms with Gasteiger partial charge in [-0.25, -0.2) is 0 Å². The van der Waals surface area contributed by atoms with Crippen molar-refractivity contribution in [3.8, 4) is 0 Å². The Morgan fingerprint density at radius 2 is 1.76 bits per heavy atom. The number of halogens is 1. The minimum Gasteiger partial charge on any atom is -0.307 e. The molecule has 0 aliphatic carbocycles. The fourth-order valence-corrected chi connectivity index (χ4v) is 1.54. The highest BCUT2D eigenvalue weighted by Crippen LogP contribution is 2.02. The zero-order valence-corrected chi connectivity index (χ0v) is 10.7. The molecule has 1 N–H and O–H groups in total. The van der Waals surface area contributed by atoms with Crippen LogP contribution in [0.5, 0.6) is 0 Å². The summed E-state index contributed by atoms with van der Waals surface area (Å²) < 4.78 is 0. The Bertz CT molecular complexity index is 426. The molecule has 3 heteroatoms. The molecular formula is C14H17ClN2. The normalized spacial score (nSPS) is 9.71. The Morgan fingerprint density at radius 3 is 2.41 bits per heavy atom. The third-order valence-corrected chi connectivity index (χ3v) is 2.48. The van der Waals surface area contributed by atoms with Crippen LogP contribution in [0.3, 0.4) is 0 Å². The standard InChI is InChI=1S/C14H16N2.ClH/c1-12-5-7-13(8-6-12)10-15-11-14-4-2-3-9-16-14;/h2-9,15H,10-11H2,1H3;1H. The third-order valence-electron chi connectivity index (χ3n) is 2.48. The molecule has 0 unspecified atom stereocenters. The van der Waals surface area contributed by atoms with Gasteiger partial charge in [0.2, 0.25) is 0 Å². The highest BCUT2D eigenvalue weighted by molar-refractivity contribution is 5.85. The summed E-state index contributed by atoms with van der Waals surface area (Å²) >= 11 is 0. The lowest BCUT2D eigenvalue weighted by Crippen LogP contribution is -2.13. The van der Waals surface area contributed by atoms with E-state index in [1.54, 1.807) is 0 Å². The monoisotopic (exact) mass is 248 g/mol. The van der Waals surface area contributed by atoms with E-state index in [1.807, 2.05) is 24.4 Å². The largest absolute Gasteiger partial charge is 0.307 e. The van der Waals surface area contributed by atoms with E-state index >= 15 is 0 Å². The number of nitrogens with one attached hydrogen (secondary N) is 1. The fourth-order valence-electron chi connectivity index (χ4n) is 1.54. The molecule has 17 heavy (non-hydrogen) atoms. The van der Waals surface area contributed by atoms with Crippen LogP contribution < -0.4 is 5.32 Å². The van der Waals surface area contributed by atoms with Crippen molar-refractivity contribution in [2.75, 3.05) is 0 Å². The van der Waals surface area contributed by atoms with E-state index in [2.05, 4.69) is 41.5 Å². The number of pyridine rings is 1. The minimum atomic E-state index is 0. The molecule has 0 radical (unpaired) electrons. The highest BCUT2D eigenvalue weighted by atomic mass is 35.5. The van der Waals surface area contributed by atoms with E-state index in [4.69, 9.17) is 0 Å². The van der Waals surface area contributed by atoms with Crippen molar-refractivity contribution < 1.29 is 0 Å². The third kappa shape index (κ3) is 4.55. The van der Waals surface area contributed by atoms with Crippen molar-refractivity contribution in [2.24, 2.45) is 0 Å². The molecule has 0 bridgehead atoms. The van der Waals surface area contributed by atoms with Crippen LogP contribution in [-0.4, -0.2) is 4.98 Å². The number of benzene rings is 1. The summed E-state index contributed by atoms with van der Waals surface area (Å²) in [7, 11) is 0. The van der Waals surface area contributed by atoms with Gasteiger partial charge >= 0.3 is 0 Å². The van der Waals surface area contributed by atoms with Crippen molar-refractivity contribution in [2.45, 2.75) is 20.0 Å². The van der Waals surface area contributed by atoms with Gasteiger partial charge in [0, 0.05) is 19.3 Å². The molecule has 0 saturated heterocycles. The zero-order chi connectivity index (χ0) is 11.2. The van der Waals surface area contributed by atoms with E-state index in [-0.39, 0.29) is 12.4 Å². The molecule has 2 aromatic rings. The second-order valence-electron chi connectivity index (χ2n) is 3.91. The maximum absolute atomic E-state index is 4.26. The maximum Gasteiger partial charge on any atom is 0.0541 e. The van der Waals surface area contributed by atoms with Gasteiger partial charge in [-0.2, -0.15) is 0 Å². The molecule has 2 nitrogen and oxygen atoms in total. The molecule has 0 saturated carbocycles. The summed E-state index contributed by atoms with van der Waals surface area (Å²) in [6.45, 7) is 3.80. The SMILES string of the molecule is Cc1ccc(CNCc2ccccn2)cc1.Cl. The molecule has 1 aromatic heterocycles. The fraction of sp³-hybridized carbons (Fsp3) is 0.214. The first kappa shape index (κ1) is 13.7. The molecule has 0 atom stereocenters. The van der Waals surface area contributed by atoms with E-state index < -0.39 is 0 Å². The van der Waals surface area contributed by atoms with E-state index in [0.717, 1.165) is 18.8 Å². The van der Waals surface area contributed by atoms with Crippen LogP contribution in [0.2, 0.25) is 0 Å². The Labute approximate surface area is 109 Å². The van der Waals surface area contributed by atoms with Crippen LogP contribution in [0.15, 0.2) is 48.7 Å². The van der Waals surface area contributed by atoms with E-state index in [1.165, 1.54) is 11.1 Å². The Hall–Kier alpha value is -1.38. The van der Waals surface area contributed by atoms with Crippen LogP contribution in [0.25, 0.3) is 0 Å². The van der Waals surface area contributed by atoms with Gasteiger partial charge in [0.15, 0.2) is 0 Å². The van der Waals surface area contributed by atoms with Gasteiger partial charge in [0.1, 0.15) is 0 Å². The summed E-state index contributed by atoms with van der Waals surface area (Å²) in [4.78, 5) is 4.26. The summed E-state index contributed by atoms with van der Waals surface area (Å²) in [5, 5.41) is 3.37. The lowest BCUT2D eigenvalue weighted by atomic mass is 10.1. The highest BCUT2D eigenvalue weighted by Gasteiger charge is 1.94. The van der Waals surface area contributed by atoms with E-state index in [0.29, 0.717) is 0 Å². The quantitative estimate of drug-likeness (QED) is 0.900. The summed E-state index contributed by atoms with van der Waals surface area (Å²) in [6, 6.07) is 14.6. The molecule has 0 amide bonds. The molecule has 0 fully saturated rings. The molecule has 0 aliphatic rings. The molecule has 0 spiro atoms. The molecule has 0 aliphatic heterocycles. The molecule has 2 rings (SSSR count). The first-order valence-electron chi connectivity index (χ1n) is 5.51. The van der Waals surface area contributed by atoms with Gasteiger partial charge in [-0.15, -0.1) is 12.4 Å². The van der Waals surface area contributed by atoms with Gasteiger partial charge < -0.3 is 5.32 Å². The predicted molar refractivity (Wildman–Crippen MR) is 73.2 cm³/mol. The lowest BCUT2D eigenvalue weighted by Gasteiger charge is -2.04. The van der Waals surface area contributed by atoms with E-state index in [9.17, 15) is 0 Å². The molecule has 1 aromatic carbocycles. The number of nitrogens with zero attached hydrogens (tertiary/aromatic N) is 1. The van der Waals surface area contributed by atoms with Gasteiger partial charge in [-0.3, -0.25) is 4.98 Å². The van der Waals surface area contributed by atoms with Gasteiger partial charge in [0.05, 0.1) is 5.69 Å². The molecule has 1 heterocycles. The maximum atomic E-state index is 4.26. The predicted octanol–water partition coefficient (Wildman–Crippen LogP) is 3.10. The van der Waals surface area contributed by atoms with Crippen molar-refractivity contribution in [1.82, 2.24) is 10.3 Å². The van der Waals surface area contributed by atoms with Gasteiger partial charge in [-0.05, 0) is 24.6 Å². The van der Waals surface area contributed by atoms with Crippen LogP contribution in [-0.2, 0) is 13.1 Å². The smallest absolute Gasteiger partial charge is 0.0541 e. The molecule has 90 valence electrons. The average molecular weight is 249 g/mol. The minimum absolute atomic E-state index is 0. The van der Waals surface area contributed by atoms with Crippen molar-refractivity contribution in [1.29, 1.82) is 0 Å². The second-order valence-corrected chi connectivity index (χ2v) is 3.91.